The van der Waals surface area contributed by atoms with Crippen LogP contribution in [0.3, 0.4) is 0 Å². The van der Waals surface area contributed by atoms with E-state index in [0.717, 1.165) is 38.5 Å². The number of hydrogen-bond donors (Lipinski definition) is 1. The van der Waals surface area contributed by atoms with Gasteiger partial charge in [0.25, 0.3) is 0 Å². The van der Waals surface area contributed by atoms with E-state index < -0.39 is 0 Å². The van der Waals surface area contributed by atoms with E-state index in [1.807, 2.05) is 4.68 Å². The van der Waals surface area contributed by atoms with Gasteiger partial charge in [-0.1, -0.05) is 0 Å². The van der Waals surface area contributed by atoms with E-state index >= 15 is 0 Å². The van der Waals surface area contributed by atoms with Crippen molar-refractivity contribution >= 4 is 0 Å². The Bertz CT molecular complexity index is 320. The lowest BCUT2D eigenvalue weighted by atomic mass is 10.0. The molecule has 1 N–H and O–H groups in total. The van der Waals surface area contributed by atoms with Gasteiger partial charge >= 0.3 is 0 Å². The van der Waals surface area contributed by atoms with Crippen LogP contribution in [-0.2, 0) is 17.8 Å². The Kier molecular flexibility index (Phi) is 3.90. The molecule has 0 aliphatic carbocycles. The third kappa shape index (κ3) is 2.59. The fourth-order valence-corrected chi connectivity index (χ4v) is 2.06. The minimum Gasteiger partial charge on any atom is -0.381 e. The van der Waals surface area contributed by atoms with Gasteiger partial charge in [-0.2, -0.15) is 5.10 Å². The van der Waals surface area contributed by atoms with Crippen molar-refractivity contribution in [3.05, 3.63) is 12.2 Å². The topological polar surface area (TPSA) is 52.0 Å². The fraction of sp³-hybridized carbons (Fsp3) is 0.818. The van der Waals surface area contributed by atoms with Crippen molar-refractivity contribution in [3.63, 3.8) is 0 Å². The molecule has 1 saturated heterocycles. The first kappa shape index (κ1) is 11.5. The number of ether oxygens (including phenoxy) is 1. The second-order valence-corrected chi connectivity index (χ2v) is 4.29. The first-order valence-electron chi connectivity index (χ1n) is 5.99. The first-order valence-corrected chi connectivity index (χ1v) is 5.99. The lowest BCUT2D eigenvalue weighted by Crippen LogP contribution is -2.34. The average Bonchev–Trinajstić information content (AvgIpc) is 2.96. The summed E-state index contributed by atoms with van der Waals surface area (Å²) in [6.45, 7) is 7.73. The van der Waals surface area contributed by atoms with E-state index in [1.165, 1.54) is 0 Å². The molecule has 0 amide bonds. The van der Waals surface area contributed by atoms with Gasteiger partial charge in [0.15, 0.2) is 0 Å². The highest BCUT2D eigenvalue weighted by Crippen LogP contribution is 2.16. The maximum atomic E-state index is 5.39. The molecule has 2 rings (SSSR count). The van der Waals surface area contributed by atoms with Gasteiger partial charge in [-0.05, 0) is 26.2 Å². The van der Waals surface area contributed by atoms with Crippen molar-refractivity contribution in [2.24, 2.45) is 5.92 Å². The van der Waals surface area contributed by atoms with E-state index in [1.54, 1.807) is 6.33 Å². The Morgan fingerprint density at radius 1 is 1.69 bits per heavy atom. The molecule has 5 heteroatoms. The van der Waals surface area contributed by atoms with Crippen LogP contribution in [0, 0.1) is 5.92 Å². The van der Waals surface area contributed by atoms with E-state index in [-0.39, 0.29) is 0 Å². The maximum absolute atomic E-state index is 5.39. The van der Waals surface area contributed by atoms with Gasteiger partial charge in [0.2, 0.25) is 0 Å². The van der Waals surface area contributed by atoms with E-state index in [4.69, 9.17) is 4.74 Å². The zero-order chi connectivity index (χ0) is 11.4. The molecule has 1 aliphatic heterocycles. The monoisotopic (exact) mass is 224 g/mol. The molecule has 0 saturated carbocycles. The van der Waals surface area contributed by atoms with Crippen LogP contribution in [0.2, 0.25) is 0 Å². The SMILES string of the molecule is CCn1ncnc1CNC(C)C1CCOC1. The molecule has 1 fully saturated rings. The predicted octanol–water partition coefficient (Wildman–Crippen LogP) is 0.813. The van der Waals surface area contributed by atoms with Crippen LogP contribution in [-0.4, -0.2) is 34.0 Å². The molecule has 2 atom stereocenters. The van der Waals surface area contributed by atoms with Crippen molar-refractivity contribution in [2.45, 2.75) is 39.4 Å². The highest BCUT2D eigenvalue weighted by molar-refractivity contribution is 4.85. The minimum atomic E-state index is 0.476. The zero-order valence-electron chi connectivity index (χ0n) is 10.0. The molecule has 1 aromatic rings. The lowest BCUT2D eigenvalue weighted by Gasteiger charge is -2.18. The highest BCUT2D eigenvalue weighted by atomic mass is 16.5. The summed E-state index contributed by atoms with van der Waals surface area (Å²) >= 11 is 0. The third-order valence-electron chi connectivity index (χ3n) is 3.25. The molecule has 5 nitrogen and oxygen atoms in total. The standard InChI is InChI=1S/C11H20N4O/c1-3-15-11(13-8-14-15)6-12-9(2)10-4-5-16-7-10/h8-10,12H,3-7H2,1-2H3. The summed E-state index contributed by atoms with van der Waals surface area (Å²) in [6, 6.07) is 0.476. The smallest absolute Gasteiger partial charge is 0.140 e. The van der Waals surface area contributed by atoms with Gasteiger partial charge in [-0.15, -0.1) is 0 Å². The van der Waals surface area contributed by atoms with Crippen LogP contribution >= 0.6 is 0 Å². The van der Waals surface area contributed by atoms with Crippen LogP contribution in [0.15, 0.2) is 6.33 Å². The highest BCUT2D eigenvalue weighted by Gasteiger charge is 2.22. The van der Waals surface area contributed by atoms with Gasteiger partial charge in [0, 0.05) is 19.2 Å². The van der Waals surface area contributed by atoms with Gasteiger partial charge in [-0.25, -0.2) is 9.67 Å². The minimum absolute atomic E-state index is 0.476. The molecule has 2 unspecified atom stereocenters. The second-order valence-electron chi connectivity index (χ2n) is 4.29. The van der Waals surface area contributed by atoms with Crippen LogP contribution in [0.1, 0.15) is 26.1 Å². The predicted molar refractivity (Wildman–Crippen MR) is 60.9 cm³/mol. The summed E-state index contributed by atoms with van der Waals surface area (Å²) in [6.07, 6.45) is 2.78. The van der Waals surface area contributed by atoms with Gasteiger partial charge in [0.1, 0.15) is 12.2 Å². The number of aromatic nitrogens is 3. The van der Waals surface area contributed by atoms with Gasteiger partial charge < -0.3 is 10.1 Å². The molecule has 0 aromatic carbocycles. The summed E-state index contributed by atoms with van der Waals surface area (Å²) in [4.78, 5) is 4.24. The van der Waals surface area contributed by atoms with E-state index in [2.05, 4.69) is 29.2 Å². The molecule has 2 heterocycles. The number of hydrogen-bond acceptors (Lipinski definition) is 4. The van der Waals surface area contributed by atoms with Crippen molar-refractivity contribution in [1.82, 2.24) is 20.1 Å². The maximum Gasteiger partial charge on any atom is 0.140 e. The molecule has 16 heavy (non-hydrogen) atoms. The molecule has 0 radical (unpaired) electrons. The van der Waals surface area contributed by atoms with Crippen LogP contribution in [0.5, 0.6) is 0 Å². The summed E-state index contributed by atoms with van der Waals surface area (Å²) in [7, 11) is 0. The molecule has 0 bridgehead atoms. The molecular weight excluding hydrogens is 204 g/mol. The summed E-state index contributed by atoms with van der Waals surface area (Å²) < 4.78 is 7.31. The second kappa shape index (κ2) is 5.41. The zero-order valence-corrected chi connectivity index (χ0v) is 10.0. The van der Waals surface area contributed by atoms with Gasteiger partial charge in [0.05, 0.1) is 13.2 Å². The largest absolute Gasteiger partial charge is 0.381 e. The Hall–Kier alpha value is -0.940. The normalized spacial score (nSPS) is 22.5. The van der Waals surface area contributed by atoms with E-state index in [9.17, 15) is 0 Å². The van der Waals surface area contributed by atoms with Crippen LogP contribution < -0.4 is 5.32 Å². The third-order valence-corrected chi connectivity index (χ3v) is 3.25. The average molecular weight is 224 g/mol. The van der Waals surface area contributed by atoms with Crippen molar-refractivity contribution < 1.29 is 4.74 Å². The Balaban J connectivity index is 1.82. The molecular formula is C11H20N4O. The summed E-state index contributed by atoms with van der Waals surface area (Å²) in [5.41, 5.74) is 0. The number of nitrogens with zero attached hydrogens (tertiary/aromatic N) is 3. The van der Waals surface area contributed by atoms with Crippen molar-refractivity contribution in [1.29, 1.82) is 0 Å². The molecule has 0 spiro atoms. The molecule has 1 aliphatic rings. The molecule has 90 valence electrons. The van der Waals surface area contributed by atoms with Crippen molar-refractivity contribution in [3.8, 4) is 0 Å². The Morgan fingerprint density at radius 3 is 3.25 bits per heavy atom. The Labute approximate surface area is 96.2 Å². The number of rotatable bonds is 5. The van der Waals surface area contributed by atoms with Crippen molar-refractivity contribution in [2.75, 3.05) is 13.2 Å². The number of nitrogens with one attached hydrogen (secondary N) is 1. The fourth-order valence-electron chi connectivity index (χ4n) is 2.06. The van der Waals surface area contributed by atoms with Crippen LogP contribution in [0.25, 0.3) is 0 Å². The van der Waals surface area contributed by atoms with Crippen LogP contribution in [0.4, 0.5) is 0 Å². The quantitative estimate of drug-likeness (QED) is 0.804. The lowest BCUT2D eigenvalue weighted by molar-refractivity contribution is 0.178. The Morgan fingerprint density at radius 2 is 2.56 bits per heavy atom. The molecule has 1 aromatic heterocycles. The summed E-state index contributed by atoms with van der Waals surface area (Å²) in [5.74, 6) is 1.64. The van der Waals surface area contributed by atoms with Gasteiger partial charge in [-0.3, -0.25) is 0 Å². The summed E-state index contributed by atoms with van der Waals surface area (Å²) in [5, 5.41) is 7.65. The first-order chi connectivity index (χ1) is 7.81. The van der Waals surface area contributed by atoms with E-state index in [0.29, 0.717) is 12.0 Å². The number of aryl methyl sites for hydroxylation is 1.